The first-order valence-electron chi connectivity index (χ1n) is 7.09. The third kappa shape index (κ3) is 2.87. The molecule has 1 atom stereocenters. The summed E-state index contributed by atoms with van der Waals surface area (Å²) in [5, 5.41) is 0.417. The van der Waals surface area contributed by atoms with Gasteiger partial charge in [-0.15, -0.1) is 0 Å². The Morgan fingerprint density at radius 1 is 1.32 bits per heavy atom. The molecule has 2 aliphatic rings. The van der Waals surface area contributed by atoms with Gasteiger partial charge in [-0.05, 0) is 31.0 Å². The van der Waals surface area contributed by atoms with E-state index < -0.39 is 16.1 Å². The van der Waals surface area contributed by atoms with Crippen molar-refractivity contribution in [1.82, 2.24) is 4.90 Å². The molecule has 6 nitrogen and oxygen atoms in total. The van der Waals surface area contributed by atoms with Crippen molar-refractivity contribution in [2.75, 3.05) is 30.2 Å². The number of nitrogens with zero attached hydrogens (tertiary/aromatic N) is 2. The molecule has 0 spiro atoms. The summed E-state index contributed by atoms with van der Waals surface area (Å²) in [7, 11) is -3.52. The predicted octanol–water partition coefficient (Wildman–Crippen LogP) is 1.49. The molecule has 120 valence electrons. The zero-order valence-corrected chi connectivity index (χ0v) is 13.7. The van der Waals surface area contributed by atoms with Crippen LogP contribution in [0, 0.1) is 0 Å². The fraction of sp³-hybridized carbons (Fsp3) is 0.500. The van der Waals surface area contributed by atoms with Crippen molar-refractivity contribution in [3.8, 4) is 5.75 Å². The van der Waals surface area contributed by atoms with Gasteiger partial charge in [0.25, 0.3) is 5.91 Å². The molecule has 0 aromatic heterocycles. The molecule has 0 unspecified atom stereocenters. The monoisotopic (exact) mass is 344 g/mol. The molecule has 0 radical (unpaired) electrons. The molecule has 0 N–H and O–H groups in total. The van der Waals surface area contributed by atoms with Crippen molar-refractivity contribution in [1.29, 1.82) is 0 Å². The number of carbonyl (C=O) groups excluding carboxylic acids is 1. The maximum Gasteiger partial charge on any atom is 0.265 e. The van der Waals surface area contributed by atoms with Crippen LogP contribution < -0.4 is 9.04 Å². The molecule has 0 aliphatic carbocycles. The van der Waals surface area contributed by atoms with Crippen LogP contribution >= 0.6 is 11.6 Å². The normalized spacial score (nSPS) is 21.5. The van der Waals surface area contributed by atoms with Gasteiger partial charge in [0.2, 0.25) is 10.0 Å². The maximum atomic E-state index is 12.5. The number of likely N-dealkylation sites (tertiary alicyclic amines) is 1. The van der Waals surface area contributed by atoms with Crippen LogP contribution in [-0.2, 0) is 14.8 Å². The minimum atomic E-state index is -3.52. The van der Waals surface area contributed by atoms with E-state index in [2.05, 4.69) is 0 Å². The molecule has 22 heavy (non-hydrogen) atoms. The highest BCUT2D eigenvalue weighted by atomic mass is 35.5. The molecular weight excluding hydrogens is 328 g/mol. The van der Waals surface area contributed by atoms with Gasteiger partial charge >= 0.3 is 0 Å². The summed E-state index contributed by atoms with van der Waals surface area (Å²) in [5.74, 6) is 0.199. The number of ether oxygens (including phenoxy) is 1. The van der Waals surface area contributed by atoms with Gasteiger partial charge in [-0.25, -0.2) is 8.42 Å². The van der Waals surface area contributed by atoms with E-state index >= 15 is 0 Å². The Hall–Kier alpha value is -1.47. The highest BCUT2D eigenvalue weighted by Gasteiger charge is 2.37. The minimum absolute atomic E-state index is 0.0263. The van der Waals surface area contributed by atoms with E-state index in [1.807, 2.05) is 0 Å². The Balaban J connectivity index is 1.94. The summed E-state index contributed by atoms with van der Waals surface area (Å²) in [6, 6.07) is 4.75. The molecule has 0 bridgehead atoms. The largest absolute Gasteiger partial charge is 0.476 e. The number of benzene rings is 1. The van der Waals surface area contributed by atoms with Crippen molar-refractivity contribution in [3.63, 3.8) is 0 Å². The van der Waals surface area contributed by atoms with Crippen LogP contribution in [0.4, 0.5) is 5.69 Å². The lowest BCUT2D eigenvalue weighted by Gasteiger charge is -2.35. The maximum absolute atomic E-state index is 12.5. The van der Waals surface area contributed by atoms with E-state index in [0.29, 0.717) is 29.5 Å². The highest BCUT2D eigenvalue weighted by Crippen LogP contribution is 2.37. The van der Waals surface area contributed by atoms with Crippen LogP contribution in [0.5, 0.6) is 5.75 Å². The fourth-order valence-electron chi connectivity index (χ4n) is 2.81. The second-order valence-corrected chi connectivity index (χ2v) is 7.89. The van der Waals surface area contributed by atoms with E-state index in [0.717, 1.165) is 19.1 Å². The van der Waals surface area contributed by atoms with Gasteiger partial charge in [0.1, 0.15) is 5.75 Å². The van der Waals surface area contributed by atoms with Crippen LogP contribution in [0.1, 0.15) is 12.8 Å². The van der Waals surface area contributed by atoms with Crippen molar-refractivity contribution in [2.45, 2.75) is 18.9 Å². The Morgan fingerprint density at radius 2 is 2.00 bits per heavy atom. The molecule has 1 aromatic rings. The first-order valence-corrected chi connectivity index (χ1v) is 9.31. The summed E-state index contributed by atoms with van der Waals surface area (Å²) in [5.41, 5.74) is 0.375. The van der Waals surface area contributed by atoms with Crippen molar-refractivity contribution in [3.05, 3.63) is 23.2 Å². The third-order valence-corrected chi connectivity index (χ3v) is 5.27. The molecule has 0 saturated carbocycles. The van der Waals surface area contributed by atoms with E-state index in [9.17, 15) is 13.2 Å². The SMILES string of the molecule is CS(=O)(=O)N1C[C@H](C(=O)N2CCCC2)Oc2ccc(Cl)cc21. The highest BCUT2D eigenvalue weighted by molar-refractivity contribution is 7.92. The van der Waals surface area contributed by atoms with Crippen molar-refractivity contribution < 1.29 is 17.9 Å². The van der Waals surface area contributed by atoms with Crippen molar-refractivity contribution >= 4 is 33.2 Å². The molecule has 2 heterocycles. The number of sulfonamides is 1. The Morgan fingerprint density at radius 3 is 2.64 bits per heavy atom. The van der Waals surface area contributed by atoms with Crippen LogP contribution in [0.25, 0.3) is 0 Å². The third-order valence-electron chi connectivity index (χ3n) is 3.88. The average Bonchev–Trinajstić information content (AvgIpc) is 2.98. The standard InChI is InChI=1S/C14H17ClN2O4S/c1-22(19,20)17-9-13(14(18)16-6-2-3-7-16)21-12-5-4-10(15)8-11(12)17/h4-5,8,13H,2-3,6-7,9H2,1H3/t13-/m1/s1. The molecule has 1 aromatic carbocycles. The number of hydrogen-bond acceptors (Lipinski definition) is 4. The number of fused-ring (bicyclic) bond motifs is 1. The van der Waals surface area contributed by atoms with Crippen LogP contribution in [0.2, 0.25) is 5.02 Å². The number of anilines is 1. The first kappa shape index (κ1) is 15.4. The number of hydrogen-bond donors (Lipinski definition) is 0. The molecule has 1 saturated heterocycles. The van der Waals surface area contributed by atoms with E-state index in [1.165, 1.54) is 10.4 Å². The van der Waals surface area contributed by atoms with Gasteiger partial charge in [0.15, 0.2) is 6.10 Å². The zero-order chi connectivity index (χ0) is 15.9. The second-order valence-electron chi connectivity index (χ2n) is 5.55. The molecule has 3 rings (SSSR count). The Labute approximate surface area is 134 Å². The summed E-state index contributed by atoms with van der Waals surface area (Å²) >= 11 is 5.94. The number of amides is 1. The minimum Gasteiger partial charge on any atom is -0.476 e. The number of halogens is 1. The topological polar surface area (TPSA) is 66.9 Å². The summed E-state index contributed by atoms with van der Waals surface area (Å²) < 4.78 is 31.0. The van der Waals surface area contributed by atoms with Crippen LogP contribution in [0.3, 0.4) is 0 Å². The molecule has 1 fully saturated rings. The lowest BCUT2D eigenvalue weighted by atomic mass is 10.2. The van der Waals surface area contributed by atoms with Gasteiger partial charge in [-0.3, -0.25) is 9.10 Å². The van der Waals surface area contributed by atoms with Gasteiger partial charge < -0.3 is 9.64 Å². The molecule has 8 heteroatoms. The number of carbonyl (C=O) groups is 1. The van der Waals surface area contributed by atoms with Gasteiger partial charge in [0, 0.05) is 18.1 Å². The summed E-state index contributed by atoms with van der Waals surface area (Å²) in [4.78, 5) is 14.2. The van der Waals surface area contributed by atoms with Gasteiger partial charge in [-0.2, -0.15) is 0 Å². The van der Waals surface area contributed by atoms with E-state index in [-0.39, 0.29) is 12.5 Å². The van der Waals surface area contributed by atoms with Gasteiger partial charge in [0.05, 0.1) is 18.5 Å². The van der Waals surface area contributed by atoms with E-state index in [4.69, 9.17) is 16.3 Å². The Bertz CT molecular complexity index is 701. The Kier molecular flexibility index (Phi) is 3.94. The molecule has 1 amide bonds. The fourth-order valence-corrected chi connectivity index (χ4v) is 3.88. The van der Waals surface area contributed by atoms with Gasteiger partial charge in [-0.1, -0.05) is 11.6 Å². The lowest BCUT2D eigenvalue weighted by Crippen LogP contribution is -2.51. The first-order chi connectivity index (χ1) is 10.4. The zero-order valence-electron chi connectivity index (χ0n) is 12.2. The molecular formula is C14H17ClN2O4S. The van der Waals surface area contributed by atoms with E-state index in [1.54, 1.807) is 17.0 Å². The second kappa shape index (κ2) is 5.62. The number of rotatable bonds is 2. The van der Waals surface area contributed by atoms with Crippen LogP contribution in [-0.4, -0.2) is 51.2 Å². The molecule has 2 aliphatic heterocycles. The summed E-state index contributed by atoms with van der Waals surface area (Å²) in [6.45, 7) is 1.37. The summed E-state index contributed by atoms with van der Waals surface area (Å²) in [6.07, 6.45) is 2.24. The smallest absolute Gasteiger partial charge is 0.265 e. The predicted molar refractivity (Wildman–Crippen MR) is 83.9 cm³/mol. The quantitative estimate of drug-likeness (QED) is 0.815. The average molecular weight is 345 g/mol. The van der Waals surface area contributed by atoms with Crippen LogP contribution in [0.15, 0.2) is 18.2 Å². The lowest BCUT2D eigenvalue weighted by molar-refractivity contribution is -0.137. The van der Waals surface area contributed by atoms with Crippen molar-refractivity contribution in [2.24, 2.45) is 0 Å².